The average molecular weight is 387 g/mol. The molecule has 0 bridgehead atoms. The molecule has 1 amide bonds. The lowest BCUT2D eigenvalue weighted by molar-refractivity contribution is 0.0941. The van der Waals surface area contributed by atoms with Crippen LogP contribution in [0.1, 0.15) is 49.9 Å². The fourth-order valence-corrected chi connectivity index (χ4v) is 5.30. The van der Waals surface area contributed by atoms with Gasteiger partial charge in [-0.25, -0.2) is 4.98 Å². The number of hydrogen-bond donors (Lipinski definition) is 1. The van der Waals surface area contributed by atoms with Crippen molar-refractivity contribution >= 4 is 32.6 Å². The summed E-state index contributed by atoms with van der Waals surface area (Å²) in [5, 5.41) is 4.23. The number of likely N-dealkylation sites (N-methyl/N-ethyl adjacent to an activating group) is 1. The highest BCUT2D eigenvalue weighted by Gasteiger charge is 2.23. The first-order valence-electron chi connectivity index (χ1n) is 10.3. The van der Waals surface area contributed by atoms with Crippen molar-refractivity contribution in [2.75, 3.05) is 37.6 Å². The van der Waals surface area contributed by atoms with Gasteiger partial charge in [-0.3, -0.25) is 9.69 Å². The number of nitrogens with zero attached hydrogens (tertiary/aromatic N) is 3. The molecule has 27 heavy (non-hydrogen) atoms. The Kier molecular flexibility index (Phi) is 5.64. The number of piperidine rings is 1. The third-order valence-corrected chi connectivity index (χ3v) is 7.18. The van der Waals surface area contributed by atoms with E-state index >= 15 is 0 Å². The summed E-state index contributed by atoms with van der Waals surface area (Å²) in [7, 11) is 0. The van der Waals surface area contributed by atoms with Crippen LogP contribution in [-0.4, -0.2) is 54.6 Å². The van der Waals surface area contributed by atoms with E-state index in [9.17, 15) is 4.79 Å². The highest BCUT2D eigenvalue weighted by Crippen LogP contribution is 2.32. The van der Waals surface area contributed by atoms with Crippen molar-refractivity contribution < 1.29 is 4.79 Å². The number of anilines is 1. The van der Waals surface area contributed by atoms with Gasteiger partial charge in [-0.2, -0.15) is 0 Å². The van der Waals surface area contributed by atoms with Gasteiger partial charge in [0, 0.05) is 31.2 Å². The van der Waals surface area contributed by atoms with Gasteiger partial charge in [0.15, 0.2) is 5.13 Å². The van der Waals surface area contributed by atoms with Gasteiger partial charge in [-0.15, -0.1) is 0 Å². The molecule has 1 aromatic carbocycles. The zero-order chi connectivity index (χ0) is 18.8. The molecule has 4 rings (SSSR count). The van der Waals surface area contributed by atoms with Gasteiger partial charge in [0.25, 0.3) is 5.91 Å². The van der Waals surface area contributed by atoms with Crippen LogP contribution in [0.5, 0.6) is 0 Å². The topological polar surface area (TPSA) is 48.5 Å². The largest absolute Gasteiger partial charge is 0.350 e. The number of benzene rings is 1. The SMILES string of the molecule is CCN1CCC[C@H]1CNC(=O)c1ccc2nc(N3CCC(C)CC3)sc2c1. The second-order valence-electron chi connectivity index (χ2n) is 7.98. The quantitative estimate of drug-likeness (QED) is 0.850. The fraction of sp³-hybridized carbons (Fsp3) is 0.619. The Balaban J connectivity index is 1.42. The van der Waals surface area contributed by atoms with E-state index in [4.69, 9.17) is 4.98 Å². The Morgan fingerprint density at radius 2 is 2.07 bits per heavy atom. The third kappa shape index (κ3) is 4.11. The van der Waals surface area contributed by atoms with Gasteiger partial charge in [0.1, 0.15) is 0 Å². The molecule has 0 unspecified atom stereocenters. The number of amides is 1. The minimum absolute atomic E-state index is 0.0293. The summed E-state index contributed by atoms with van der Waals surface area (Å²) in [6, 6.07) is 6.39. The van der Waals surface area contributed by atoms with E-state index in [1.165, 1.54) is 25.7 Å². The van der Waals surface area contributed by atoms with Crippen molar-refractivity contribution in [3.05, 3.63) is 23.8 Å². The third-order valence-electron chi connectivity index (χ3n) is 6.10. The zero-order valence-electron chi connectivity index (χ0n) is 16.4. The summed E-state index contributed by atoms with van der Waals surface area (Å²) >= 11 is 1.71. The van der Waals surface area contributed by atoms with Crippen LogP contribution < -0.4 is 10.2 Å². The zero-order valence-corrected chi connectivity index (χ0v) is 17.2. The second-order valence-corrected chi connectivity index (χ2v) is 8.99. The number of likely N-dealkylation sites (tertiary alicyclic amines) is 1. The lowest BCUT2D eigenvalue weighted by atomic mass is 10.00. The Morgan fingerprint density at radius 1 is 1.26 bits per heavy atom. The summed E-state index contributed by atoms with van der Waals surface area (Å²) in [6.45, 7) is 9.65. The second kappa shape index (κ2) is 8.15. The lowest BCUT2D eigenvalue weighted by Gasteiger charge is -2.29. The maximum Gasteiger partial charge on any atom is 0.251 e. The van der Waals surface area contributed by atoms with E-state index in [0.717, 1.165) is 59.6 Å². The van der Waals surface area contributed by atoms with Gasteiger partial charge in [-0.1, -0.05) is 25.2 Å². The number of nitrogens with one attached hydrogen (secondary N) is 1. The van der Waals surface area contributed by atoms with Crippen LogP contribution in [0.15, 0.2) is 18.2 Å². The monoisotopic (exact) mass is 386 g/mol. The summed E-state index contributed by atoms with van der Waals surface area (Å²) in [5.41, 5.74) is 1.74. The first-order valence-corrected chi connectivity index (χ1v) is 11.1. The molecule has 2 aliphatic heterocycles. The molecule has 0 radical (unpaired) electrons. The van der Waals surface area contributed by atoms with Gasteiger partial charge in [-0.05, 0) is 62.9 Å². The number of rotatable bonds is 5. The van der Waals surface area contributed by atoms with Crippen LogP contribution in [0, 0.1) is 5.92 Å². The predicted octanol–water partition coefficient (Wildman–Crippen LogP) is 3.75. The molecule has 1 N–H and O–H groups in total. The minimum Gasteiger partial charge on any atom is -0.350 e. The summed E-state index contributed by atoms with van der Waals surface area (Å²) in [5.74, 6) is 0.844. The fourth-order valence-electron chi connectivity index (χ4n) is 4.24. The van der Waals surface area contributed by atoms with Crippen LogP contribution >= 0.6 is 11.3 Å². The molecule has 1 aromatic heterocycles. The molecule has 5 nitrogen and oxygen atoms in total. The highest BCUT2D eigenvalue weighted by atomic mass is 32.1. The van der Waals surface area contributed by atoms with Crippen molar-refractivity contribution in [2.24, 2.45) is 5.92 Å². The predicted molar refractivity (Wildman–Crippen MR) is 113 cm³/mol. The Morgan fingerprint density at radius 3 is 2.85 bits per heavy atom. The number of aromatic nitrogens is 1. The minimum atomic E-state index is 0.0293. The van der Waals surface area contributed by atoms with Crippen molar-refractivity contribution in [2.45, 2.75) is 45.6 Å². The molecule has 2 aliphatic rings. The molecule has 2 saturated heterocycles. The molecule has 0 spiro atoms. The Bertz CT molecular complexity index is 797. The van der Waals surface area contributed by atoms with Crippen LogP contribution in [-0.2, 0) is 0 Å². The first kappa shape index (κ1) is 18.7. The Labute approximate surface area is 165 Å². The molecule has 3 heterocycles. The molecular weight excluding hydrogens is 356 g/mol. The molecule has 0 saturated carbocycles. The van der Waals surface area contributed by atoms with Crippen LogP contribution in [0.2, 0.25) is 0 Å². The van der Waals surface area contributed by atoms with Crippen LogP contribution in [0.25, 0.3) is 10.2 Å². The van der Waals surface area contributed by atoms with E-state index in [1.807, 2.05) is 18.2 Å². The molecular formula is C21H30N4OS. The molecule has 0 aliphatic carbocycles. The van der Waals surface area contributed by atoms with Crippen molar-refractivity contribution in [1.29, 1.82) is 0 Å². The number of carbonyl (C=O) groups is 1. The van der Waals surface area contributed by atoms with E-state index in [2.05, 4.69) is 29.0 Å². The standard InChI is InChI=1S/C21H30N4OS/c1-3-24-10-4-5-17(24)14-22-20(26)16-6-7-18-19(13-16)27-21(23-18)25-11-8-15(2)9-12-25/h6-7,13,15,17H,3-5,8-12,14H2,1-2H3,(H,22,26)/t17-/m0/s1. The smallest absolute Gasteiger partial charge is 0.251 e. The van der Waals surface area contributed by atoms with Gasteiger partial charge in [0.05, 0.1) is 10.2 Å². The van der Waals surface area contributed by atoms with Crippen LogP contribution in [0.3, 0.4) is 0 Å². The Hall–Kier alpha value is -1.66. The average Bonchev–Trinajstić information content (AvgIpc) is 3.32. The summed E-state index contributed by atoms with van der Waals surface area (Å²) < 4.78 is 1.10. The van der Waals surface area contributed by atoms with Gasteiger partial charge >= 0.3 is 0 Å². The van der Waals surface area contributed by atoms with Crippen LogP contribution in [0.4, 0.5) is 5.13 Å². The maximum absolute atomic E-state index is 12.6. The van der Waals surface area contributed by atoms with E-state index < -0.39 is 0 Å². The normalized spacial score (nSPS) is 21.9. The number of thiazole rings is 1. The number of fused-ring (bicyclic) bond motifs is 1. The summed E-state index contributed by atoms with van der Waals surface area (Å²) in [4.78, 5) is 22.3. The summed E-state index contributed by atoms with van der Waals surface area (Å²) in [6.07, 6.45) is 4.89. The lowest BCUT2D eigenvalue weighted by Crippen LogP contribution is -2.40. The molecule has 6 heteroatoms. The van der Waals surface area contributed by atoms with Crippen molar-refractivity contribution in [3.63, 3.8) is 0 Å². The molecule has 2 fully saturated rings. The first-order chi connectivity index (χ1) is 13.1. The highest BCUT2D eigenvalue weighted by molar-refractivity contribution is 7.22. The maximum atomic E-state index is 12.6. The number of carbonyl (C=O) groups excluding carboxylic acids is 1. The molecule has 146 valence electrons. The van der Waals surface area contributed by atoms with E-state index in [1.54, 1.807) is 11.3 Å². The molecule has 1 atom stereocenters. The molecule has 2 aromatic rings. The van der Waals surface area contributed by atoms with E-state index in [0.29, 0.717) is 6.04 Å². The van der Waals surface area contributed by atoms with E-state index in [-0.39, 0.29) is 5.91 Å². The van der Waals surface area contributed by atoms with Gasteiger partial charge in [0.2, 0.25) is 0 Å². The van der Waals surface area contributed by atoms with Crippen molar-refractivity contribution in [1.82, 2.24) is 15.2 Å². The van der Waals surface area contributed by atoms with Gasteiger partial charge < -0.3 is 10.2 Å². The van der Waals surface area contributed by atoms with Crippen molar-refractivity contribution in [3.8, 4) is 0 Å². The number of hydrogen-bond acceptors (Lipinski definition) is 5.